The molecule has 1 heterocycles. The maximum atomic E-state index is 12.4. The third kappa shape index (κ3) is 2.26. The highest BCUT2D eigenvalue weighted by atomic mass is 35.7. The Kier molecular flexibility index (Phi) is 3.00. The van der Waals surface area contributed by atoms with Crippen molar-refractivity contribution >= 4 is 25.4 Å². The predicted molar refractivity (Wildman–Crippen MR) is 48.3 cm³/mol. The molecule has 5 nitrogen and oxygen atoms in total. The van der Waals surface area contributed by atoms with Crippen LogP contribution < -0.4 is 5.73 Å². The number of halogens is 3. The second kappa shape index (κ2) is 3.78. The number of aromatic nitrogens is 1. The number of hydrogen-bond donors (Lipinski definition) is 2. The minimum Gasteiger partial charge on any atom is -0.504 e. The molecule has 1 aromatic heterocycles. The largest absolute Gasteiger partial charge is 0.504 e. The molecule has 3 N–H and O–H groups in total. The lowest BCUT2D eigenvalue weighted by molar-refractivity contribution is 0.147. The summed E-state index contributed by atoms with van der Waals surface area (Å²) >= 11 is 0. The minimum atomic E-state index is -4.38. The van der Waals surface area contributed by atoms with Gasteiger partial charge in [-0.25, -0.2) is 22.2 Å². The Morgan fingerprint density at radius 1 is 1.53 bits per heavy atom. The molecule has 0 saturated heterocycles. The molecule has 0 saturated carbocycles. The lowest BCUT2D eigenvalue weighted by Gasteiger charge is -2.08. The van der Waals surface area contributed by atoms with Gasteiger partial charge < -0.3 is 10.8 Å². The molecule has 1 aromatic rings. The lowest BCUT2D eigenvalue weighted by Crippen LogP contribution is -2.03. The van der Waals surface area contributed by atoms with Crippen molar-refractivity contribution in [3.8, 4) is 5.75 Å². The van der Waals surface area contributed by atoms with Crippen molar-refractivity contribution < 1.29 is 22.3 Å². The third-order valence-electron chi connectivity index (χ3n) is 1.54. The van der Waals surface area contributed by atoms with E-state index in [-0.39, 0.29) is 0 Å². The van der Waals surface area contributed by atoms with Gasteiger partial charge >= 0.3 is 0 Å². The number of hydrogen-bond acceptors (Lipinski definition) is 5. The summed E-state index contributed by atoms with van der Waals surface area (Å²) in [7, 11) is 0.473. The first-order valence-corrected chi connectivity index (χ1v) is 5.76. The molecule has 0 aliphatic heterocycles. The molecular weight excluding hydrogens is 254 g/mol. The summed E-state index contributed by atoms with van der Waals surface area (Å²) in [6.07, 6.45) is -2.43. The van der Waals surface area contributed by atoms with Crippen LogP contribution in [-0.4, -0.2) is 18.5 Å². The van der Waals surface area contributed by atoms with Crippen molar-refractivity contribution in [1.82, 2.24) is 4.98 Å². The van der Waals surface area contributed by atoms with E-state index in [0.717, 1.165) is 0 Å². The summed E-state index contributed by atoms with van der Waals surface area (Å²) in [4.78, 5) is 3.16. The van der Waals surface area contributed by atoms with Crippen LogP contribution in [0.4, 0.5) is 14.5 Å². The summed E-state index contributed by atoms with van der Waals surface area (Å²) < 4.78 is 46.3. The van der Waals surface area contributed by atoms with Gasteiger partial charge in [-0.15, -0.1) is 0 Å². The van der Waals surface area contributed by atoms with Gasteiger partial charge in [0, 0.05) is 10.7 Å². The third-order valence-corrected chi connectivity index (χ3v) is 2.74. The van der Waals surface area contributed by atoms with Gasteiger partial charge in [0.05, 0.1) is 17.4 Å². The summed E-state index contributed by atoms with van der Waals surface area (Å²) in [5.74, 6) is -1.22. The van der Waals surface area contributed by atoms with E-state index < -0.39 is 37.5 Å². The first-order valence-electron chi connectivity index (χ1n) is 3.45. The molecule has 0 spiro atoms. The molecule has 0 radical (unpaired) electrons. The van der Waals surface area contributed by atoms with Crippen molar-refractivity contribution in [3.05, 3.63) is 11.8 Å². The number of nitrogens with zero attached hydrogens (tertiary/aromatic N) is 1. The van der Waals surface area contributed by atoms with Gasteiger partial charge in [-0.1, -0.05) is 0 Å². The Bertz CT molecular complexity index is 491. The predicted octanol–water partition coefficient (Wildman–Crippen LogP) is 1.23. The van der Waals surface area contributed by atoms with Crippen LogP contribution in [0, 0.1) is 0 Å². The minimum absolute atomic E-state index is 0.508. The molecule has 0 amide bonds. The van der Waals surface area contributed by atoms with Crippen LogP contribution in [0.2, 0.25) is 0 Å². The number of rotatable bonds is 2. The molecular formula is C6H5ClF2N2O3S. The van der Waals surface area contributed by atoms with Gasteiger partial charge in [0.15, 0.2) is 5.75 Å². The fourth-order valence-electron chi connectivity index (χ4n) is 0.919. The van der Waals surface area contributed by atoms with Gasteiger partial charge in [-0.2, -0.15) is 0 Å². The monoisotopic (exact) mass is 258 g/mol. The van der Waals surface area contributed by atoms with Gasteiger partial charge in [0.25, 0.3) is 15.5 Å². The molecule has 0 atom stereocenters. The Morgan fingerprint density at radius 3 is 2.47 bits per heavy atom. The van der Waals surface area contributed by atoms with Gasteiger partial charge in [-0.3, -0.25) is 0 Å². The van der Waals surface area contributed by atoms with Crippen molar-refractivity contribution in [2.75, 3.05) is 5.73 Å². The first kappa shape index (κ1) is 11.9. The zero-order chi connectivity index (χ0) is 11.8. The normalized spacial score (nSPS) is 12.0. The number of aromatic hydroxyl groups is 1. The highest BCUT2D eigenvalue weighted by Crippen LogP contribution is 2.37. The summed E-state index contributed by atoms with van der Waals surface area (Å²) in [6.45, 7) is 0. The van der Waals surface area contributed by atoms with Crippen molar-refractivity contribution in [1.29, 1.82) is 0 Å². The average molecular weight is 259 g/mol. The van der Waals surface area contributed by atoms with E-state index in [1.54, 1.807) is 0 Å². The topological polar surface area (TPSA) is 93.3 Å². The van der Waals surface area contributed by atoms with Crippen LogP contribution >= 0.6 is 10.7 Å². The van der Waals surface area contributed by atoms with Crippen LogP contribution in [-0.2, 0) is 9.05 Å². The Labute approximate surface area is 87.9 Å². The molecule has 9 heteroatoms. The van der Waals surface area contributed by atoms with E-state index in [4.69, 9.17) is 16.4 Å². The quantitative estimate of drug-likeness (QED) is 0.779. The molecule has 0 bridgehead atoms. The van der Waals surface area contributed by atoms with Crippen LogP contribution in [0.1, 0.15) is 12.0 Å². The molecule has 0 aromatic carbocycles. The van der Waals surface area contributed by atoms with E-state index in [1.807, 2.05) is 0 Å². The molecule has 0 aliphatic carbocycles. The number of nitrogens with two attached hydrogens (primary N) is 1. The van der Waals surface area contributed by atoms with E-state index in [0.29, 0.717) is 6.20 Å². The Morgan fingerprint density at radius 2 is 2.07 bits per heavy atom. The van der Waals surface area contributed by atoms with Crippen LogP contribution in [0.15, 0.2) is 11.2 Å². The Balaban J connectivity index is 3.56. The maximum absolute atomic E-state index is 12.4. The molecule has 0 unspecified atom stereocenters. The fraction of sp³-hybridized carbons (Fsp3) is 0.167. The van der Waals surface area contributed by atoms with Crippen molar-refractivity contribution in [2.45, 2.75) is 11.5 Å². The highest BCUT2D eigenvalue weighted by molar-refractivity contribution is 8.13. The second-order valence-corrected chi connectivity index (χ2v) is 5.00. The molecule has 15 heavy (non-hydrogen) atoms. The second-order valence-electron chi connectivity index (χ2n) is 2.52. The molecule has 1 rings (SSSR count). The summed E-state index contributed by atoms with van der Waals surface area (Å²) in [5, 5.41) is 8.16. The van der Waals surface area contributed by atoms with E-state index in [9.17, 15) is 22.3 Å². The zero-order valence-corrected chi connectivity index (χ0v) is 8.56. The van der Waals surface area contributed by atoms with Gasteiger partial charge in [0.1, 0.15) is 0 Å². The highest BCUT2D eigenvalue weighted by Gasteiger charge is 2.26. The van der Waals surface area contributed by atoms with E-state index in [1.165, 1.54) is 0 Å². The fourth-order valence-corrected chi connectivity index (χ4v) is 1.78. The van der Waals surface area contributed by atoms with Crippen LogP contribution in [0.25, 0.3) is 0 Å². The van der Waals surface area contributed by atoms with Gasteiger partial charge in [0.2, 0.25) is 5.03 Å². The molecule has 0 fully saturated rings. The number of anilines is 1. The maximum Gasteiger partial charge on any atom is 0.282 e. The van der Waals surface area contributed by atoms with Crippen LogP contribution in [0.5, 0.6) is 5.75 Å². The van der Waals surface area contributed by atoms with Crippen LogP contribution in [0.3, 0.4) is 0 Å². The first-order chi connectivity index (χ1) is 6.75. The SMILES string of the molecule is Nc1cnc(S(=O)(=O)Cl)c(O)c1C(F)F. The van der Waals surface area contributed by atoms with Gasteiger partial charge in [-0.05, 0) is 0 Å². The zero-order valence-electron chi connectivity index (χ0n) is 6.99. The van der Waals surface area contributed by atoms with E-state index >= 15 is 0 Å². The standard InChI is InChI=1S/C6H5ClF2N2O3S/c7-15(13,14)6-4(12)3(5(8)9)2(10)1-11-6/h1,5,12H,10H2. The smallest absolute Gasteiger partial charge is 0.282 e. The van der Waals surface area contributed by atoms with E-state index in [2.05, 4.69) is 4.98 Å². The number of nitrogen functional groups attached to an aromatic ring is 1. The van der Waals surface area contributed by atoms with Crippen molar-refractivity contribution in [2.24, 2.45) is 0 Å². The average Bonchev–Trinajstić information content (AvgIpc) is 2.00. The summed E-state index contributed by atoms with van der Waals surface area (Å²) in [5.41, 5.74) is 3.59. The lowest BCUT2D eigenvalue weighted by atomic mass is 10.2. The van der Waals surface area contributed by atoms with Crippen molar-refractivity contribution in [3.63, 3.8) is 0 Å². The molecule has 0 aliphatic rings. The number of alkyl halides is 2. The number of pyridine rings is 1. The summed E-state index contributed by atoms with van der Waals surface area (Å²) in [6, 6.07) is 0. The Hall–Kier alpha value is -1.15. The molecule has 84 valence electrons.